The van der Waals surface area contributed by atoms with Crippen LogP contribution in [0.3, 0.4) is 0 Å². The lowest BCUT2D eigenvalue weighted by Crippen LogP contribution is -2.46. The number of thiophene rings is 1. The fourth-order valence-electron chi connectivity index (χ4n) is 4.06. The van der Waals surface area contributed by atoms with Crippen LogP contribution in [-0.4, -0.2) is 41.5 Å². The quantitative estimate of drug-likeness (QED) is 0.655. The summed E-state index contributed by atoms with van der Waals surface area (Å²) >= 11 is 3.13. The van der Waals surface area contributed by atoms with E-state index in [4.69, 9.17) is 11.5 Å². The smallest absolute Gasteiger partial charge is 0.271 e. The zero-order valence-electron chi connectivity index (χ0n) is 16.3. The maximum absolute atomic E-state index is 12.9. The van der Waals surface area contributed by atoms with E-state index in [9.17, 15) is 4.79 Å². The third-order valence-electron chi connectivity index (χ3n) is 5.50. The Morgan fingerprint density at radius 1 is 1.34 bits per heavy atom. The second-order valence-corrected chi connectivity index (χ2v) is 9.42. The van der Waals surface area contributed by atoms with Crippen molar-refractivity contribution in [2.45, 2.75) is 31.7 Å². The van der Waals surface area contributed by atoms with Gasteiger partial charge in [0, 0.05) is 36.3 Å². The highest BCUT2D eigenvalue weighted by Crippen LogP contribution is 2.29. The zero-order chi connectivity index (χ0) is 20.2. The van der Waals surface area contributed by atoms with Crippen molar-refractivity contribution in [3.63, 3.8) is 0 Å². The number of likely N-dealkylation sites (tertiary alicyclic amines) is 1. The number of nitrogens with two attached hydrogens (primary N) is 2. The predicted octanol–water partition coefficient (Wildman–Crippen LogP) is 3.16. The van der Waals surface area contributed by atoms with Gasteiger partial charge in [-0.2, -0.15) is 0 Å². The number of carbonyl (C=O) groups is 1. The molecule has 154 valence electrons. The van der Waals surface area contributed by atoms with Crippen LogP contribution in [0.1, 0.15) is 36.2 Å². The van der Waals surface area contributed by atoms with E-state index in [1.54, 1.807) is 11.3 Å². The van der Waals surface area contributed by atoms with Gasteiger partial charge in [-0.1, -0.05) is 6.07 Å². The van der Waals surface area contributed by atoms with Crippen LogP contribution in [-0.2, 0) is 0 Å². The summed E-state index contributed by atoms with van der Waals surface area (Å²) in [6, 6.07) is 3.88. The van der Waals surface area contributed by atoms with E-state index >= 15 is 0 Å². The molecule has 1 aliphatic carbocycles. The molecule has 1 fully saturated rings. The van der Waals surface area contributed by atoms with Crippen LogP contribution in [0.5, 0.6) is 0 Å². The van der Waals surface area contributed by atoms with E-state index in [-0.39, 0.29) is 11.9 Å². The van der Waals surface area contributed by atoms with E-state index in [0.29, 0.717) is 18.0 Å². The van der Waals surface area contributed by atoms with Crippen LogP contribution in [0.15, 0.2) is 46.4 Å². The molecule has 0 bridgehead atoms. The molecule has 3 heterocycles. The molecule has 4 rings (SSSR count). The van der Waals surface area contributed by atoms with Gasteiger partial charge in [0.1, 0.15) is 10.7 Å². The largest absolute Gasteiger partial charge is 0.402 e. The van der Waals surface area contributed by atoms with Gasteiger partial charge in [0.25, 0.3) is 5.91 Å². The highest BCUT2D eigenvalue weighted by atomic mass is 32.1. The average molecular weight is 430 g/mol. The van der Waals surface area contributed by atoms with E-state index in [2.05, 4.69) is 21.3 Å². The third kappa shape index (κ3) is 4.71. The minimum Gasteiger partial charge on any atom is -0.402 e. The minimum absolute atomic E-state index is 0.129. The molecule has 2 atom stereocenters. The molecule has 29 heavy (non-hydrogen) atoms. The molecule has 2 aromatic heterocycles. The van der Waals surface area contributed by atoms with Crippen LogP contribution < -0.4 is 16.8 Å². The Balaban J connectivity index is 1.47. The Morgan fingerprint density at radius 3 is 3.03 bits per heavy atom. The SMILES string of the molecule is NCCC1CCCN(C2=CC=C(N)CC2NC(=O)c2csc(-c3cccs3)n2)C1. The lowest BCUT2D eigenvalue weighted by Gasteiger charge is -2.40. The highest BCUT2D eigenvalue weighted by Gasteiger charge is 2.29. The fourth-order valence-corrected chi connectivity index (χ4v) is 5.68. The Kier molecular flexibility index (Phi) is 6.32. The topological polar surface area (TPSA) is 97.3 Å². The number of nitrogens with one attached hydrogen (secondary N) is 1. The van der Waals surface area contributed by atoms with Crippen molar-refractivity contribution in [2.75, 3.05) is 19.6 Å². The summed E-state index contributed by atoms with van der Waals surface area (Å²) in [7, 11) is 0. The van der Waals surface area contributed by atoms with Gasteiger partial charge in [0.15, 0.2) is 0 Å². The van der Waals surface area contributed by atoms with Crippen LogP contribution in [0.4, 0.5) is 0 Å². The number of piperidine rings is 1. The van der Waals surface area contributed by atoms with Crippen LogP contribution in [0, 0.1) is 5.92 Å². The molecule has 8 heteroatoms. The average Bonchev–Trinajstić information content (AvgIpc) is 3.40. The Hall–Kier alpha value is -2.16. The number of hydrogen-bond acceptors (Lipinski definition) is 7. The molecule has 0 spiro atoms. The van der Waals surface area contributed by atoms with Crippen LogP contribution in [0.25, 0.3) is 9.88 Å². The molecule has 1 saturated heterocycles. The molecule has 5 N–H and O–H groups in total. The Morgan fingerprint density at radius 2 is 2.24 bits per heavy atom. The predicted molar refractivity (Wildman–Crippen MR) is 120 cm³/mol. The van der Waals surface area contributed by atoms with Gasteiger partial charge in [-0.3, -0.25) is 4.79 Å². The second-order valence-electron chi connectivity index (χ2n) is 7.61. The zero-order valence-corrected chi connectivity index (χ0v) is 18.0. The molecule has 6 nitrogen and oxygen atoms in total. The number of amides is 1. The number of carbonyl (C=O) groups excluding carboxylic acids is 1. The first-order valence-electron chi connectivity index (χ1n) is 10.1. The van der Waals surface area contributed by atoms with Crippen molar-refractivity contribution in [1.82, 2.24) is 15.2 Å². The third-order valence-corrected chi connectivity index (χ3v) is 7.38. The van der Waals surface area contributed by atoms with Crippen molar-refractivity contribution in [1.29, 1.82) is 0 Å². The number of allylic oxidation sites excluding steroid dienone is 2. The molecule has 0 saturated carbocycles. The van der Waals surface area contributed by atoms with Gasteiger partial charge >= 0.3 is 0 Å². The number of aromatic nitrogens is 1. The summed E-state index contributed by atoms with van der Waals surface area (Å²) in [6.07, 6.45) is 8.06. The summed E-state index contributed by atoms with van der Waals surface area (Å²) in [6.45, 7) is 2.72. The lowest BCUT2D eigenvalue weighted by molar-refractivity contribution is 0.0927. The van der Waals surface area contributed by atoms with Crippen LogP contribution in [0.2, 0.25) is 0 Å². The molecule has 0 radical (unpaired) electrons. The fraction of sp³-hybridized carbons (Fsp3) is 0.429. The van der Waals surface area contributed by atoms with Gasteiger partial charge in [-0.05, 0) is 55.3 Å². The van der Waals surface area contributed by atoms with Crippen molar-refractivity contribution >= 4 is 28.6 Å². The first kappa shape index (κ1) is 20.1. The number of nitrogens with zero attached hydrogens (tertiary/aromatic N) is 2. The molecule has 1 amide bonds. The van der Waals surface area contributed by atoms with E-state index in [1.165, 1.54) is 17.8 Å². The Bertz CT molecular complexity index is 900. The van der Waals surface area contributed by atoms with Crippen LogP contribution >= 0.6 is 22.7 Å². The van der Waals surface area contributed by atoms with E-state index in [0.717, 1.165) is 53.8 Å². The van der Waals surface area contributed by atoms with E-state index in [1.807, 2.05) is 29.0 Å². The summed E-state index contributed by atoms with van der Waals surface area (Å²) in [5.41, 5.74) is 14.3. The van der Waals surface area contributed by atoms with E-state index < -0.39 is 0 Å². The van der Waals surface area contributed by atoms with Crippen molar-refractivity contribution in [2.24, 2.45) is 17.4 Å². The van der Waals surface area contributed by atoms with Gasteiger partial charge < -0.3 is 21.7 Å². The maximum atomic E-state index is 12.9. The van der Waals surface area contributed by atoms with Crippen molar-refractivity contribution < 1.29 is 4.79 Å². The maximum Gasteiger partial charge on any atom is 0.271 e. The van der Waals surface area contributed by atoms with Gasteiger partial charge in [0.2, 0.25) is 0 Å². The van der Waals surface area contributed by atoms with Gasteiger partial charge in [-0.25, -0.2) is 4.98 Å². The summed E-state index contributed by atoms with van der Waals surface area (Å²) in [4.78, 5) is 20.9. The molecule has 1 aliphatic heterocycles. The summed E-state index contributed by atoms with van der Waals surface area (Å²) in [5.74, 6) is 0.464. The summed E-state index contributed by atoms with van der Waals surface area (Å²) < 4.78 is 0. The monoisotopic (exact) mass is 429 g/mol. The normalized spacial score (nSPS) is 22.2. The number of rotatable bonds is 6. The summed E-state index contributed by atoms with van der Waals surface area (Å²) in [5, 5.41) is 7.89. The standard InChI is InChI=1S/C21H27N5OS2/c22-8-7-14-3-1-9-26(12-14)18-6-5-15(23)11-16(18)24-20(27)17-13-29-21(25-17)19-4-2-10-28-19/h2,4-6,10,13-14,16H,1,3,7-9,11-12,22-23H2,(H,24,27). The first-order valence-corrected chi connectivity index (χ1v) is 11.8. The van der Waals surface area contributed by atoms with Gasteiger partial charge in [0.05, 0.1) is 10.9 Å². The van der Waals surface area contributed by atoms with Crippen molar-refractivity contribution in [3.05, 3.63) is 52.1 Å². The van der Waals surface area contributed by atoms with Crippen molar-refractivity contribution in [3.8, 4) is 9.88 Å². The molecule has 2 aromatic rings. The molecular weight excluding hydrogens is 402 g/mol. The number of thiazole rings is 1. The second kappa shape index (κ2) is 9.11. The molecule has 2 unspecified atom stereocenters. The molecule has 0 aromatic carbocycles. The first-order chi connectivity index (χ1) is 14.1. The Labute approximate surface area is 179 Å². The number of hydrogen-bond donors (Lipinski definition) is 3. The molecule has 2 aliphatic rings. The minimum atomic E-state index is -0.148. The molecular formula is C21H27N5OS2. The lowest BCUT2D eigenvalue weighted by atomic mass is 9.92. The van der Waals surface area contributed by atoms with Gasteiger partial charge in [-0.15, -0.1) is 22.7 Å². The highest BCUT2D eigenvalue weighted by molar-refractivity contribution is 7.20.